The molecule has 0 unspecified atom stereocenters. The number of benzene rings is 3. The predicted molar refractivity (Wildman–Crippen MR) is 165 cm³/mol. The van der Waals surface area contributed by atoms with Crippen LogP contribution in [0.15, 0.2) is 66.7 Å². The lowest BCUT2D eigenvalue weighted by Crippen LogP contribution is -2.29. The van der Waals surface area contributed by atoms with Crippen LogP contribution in [0.4, 0.5) is 4.79 Å². The van der Waals surface area contributed by atoms with E-state index in [9.17, 15) is 9.59 Å². The van der Waals surface area contributed by atoms with Gasteiger partial charge in [-0.05, 0) is 40.7 Å². The smallest absolute Gasteiger partial charge is 0.410 e. The first kappa shape index (κ1) is 30.9. The number of ketones is 1. The van der Waals surface area contributed by atoms with Crippen LogP contribution >= 0.6 is 17.0 Å². The van der Waals surface area contributed by atoms with Gasteiger partial charge in [-0.15, -0.1) is 17.0 Å². The number of para-hydroxylation sites is 2. The van der Waals surface area contributed by atoms with Crippen LogP contribution in [0.5, 0.6) is 5.75 Å². The van der Waals surface area contributed by atoms with Crippen LogP contribution in [0, 0.1) is 5.41 Å². The van der Waals surface area contributed by atoms with Gasteiger partial charge in [0.2, 0.25) is 5.62 Å². The Hall–Kier alpha value is -3.65. The van der Waals surface area contributed by atoms with Crippen molar-refractivity contribution in [1.29, 1.82) is 5.41 Å². The minimum absolute atomic E-state index is 0. The number of carbonyl (C=O) groups is 2. The third-order valence-corrected chi connectivity index (χ3v) is 6.89. The number of Topliss-reactive ketones (excluding diaryl/α,β-unsaturated/α-hetero) is 1. The van der Waals surface area contributed by atoms with Gasteiger partial charge in [-0.3, -0.25) is 10.2 Å². The van der Waals surface area contributed by atoms with Gasteiger partial charge >= 0.3 is 6.09 Å². The van der Waals surface area contributed by atoms with E-state index in [0.717, 1.165) is 27.7 Å². The molecule has 3 aromatic carbocycles. The fourth-order valence-electron chi connectivity index (χ4n) is 4.77. The molecule has 0 aliphatic heterocycles. The first-order chi connectivity index (χ1) is 18.3. The summed E-state index contributed by atoms with van der Waals surface area (Å²) in [7, 11) is 1.53. The molecule has 0 fully saturated rings. The van der Waals surface area contributed by atoms with Crippen molar-refractivity contribution in [2.24, 2.45) is 0 Å². The van der Waals surface area contributed by atoms with E-state index in [4.69, 9.17) is 10.1 Å². The zero-order chi connectivity index (χ0) is 28.5. The molecule has 0 bridgehead atoms. The molecule has 0 aliphatic carbocycles. The van der Waals surface area contributed by atoms with Crippen molar-refractivity contribution in [3.05, 3.63) is 94.6 Å². The van der Waals surface area contributed by atoms with Crippen molar-refractivity contribution in [2.75, 3.05) is 7.05 Å². The van der Waals surface area contributed by atoms with Crippen molar-refractivity contribution in [3.8, 4) is 5.75 Å². The Kier molecular flexibility index (Phi) is 9.14. The van der Waals surface area contributed by atoms with E-state index >= 15 is 0 Å². The van der Waals surface area contributed by atoms with Gasteiger partial charge in [-0.1, -0.05) is 84.0 Å². The number of nitrogens with one attached hydrogen (secondary N) is 2. The molecule has 0 atom stereocenters. The lowest BCUT2D eigenvalue weighted by atomic mass is 9.78. The second-order valence-corrected chi connectivity index (χ2v) is 11.9. The van der Waals surface area contributed by atoms with Gasteiger partial charge in [0.25, 0.3) is 0 Å². The summed E-state index contributed by atoms with van der Waals surface area (Å²) in [5, 5.41) is 11.5. The van der Waals surface area contributed by atoms with Crippen LogP contribution in [0.3, 0.4) is 0 Å². The molecular weight excluding hydrogens is 568 g/mol. The Morgan fingerprint density at radius 3 is 1.82 bits per heavy atom. The Bertz CT molecular complexity index is 1550. The average Bonchev–Trinajstić information content (AvgIpc) is 3.13. The van der Waals surface area contributed by atoms with Gasteiger partial charge in [0, 0.05) is 23.7 Å². The summed E-state index contributed by atoms with van der Waals surface area (Å²) in [5.41, 5.74) is 4.40. The molecule has 0 radical (unpaired) electrons. The third-order valence-electron chi connectivity index (χ3n) is 6.89. The van der Waals surface area contributed by atoms with Crippen LogP contribution in [0.1, 0.15) is 68.6 Å². The van der Waals surface area contributed by atoms with Crippen LogP contribution in [-0.4, -0.2) is 28.1 Å². The van der Waals surface area contributed by atoms with Crippen molar-refractivity contribution >= 4 is 39.9 Å². The average molecular weight is 608 g/mol. The summed E-state index contributed by atoms with van der Waals surface area (Å²) < 4.78 is 9.47. The Labute approximate surface area is 246 Å². The van der Waals surface area contributed by atoms with Crippen molar-refractivity contribution < 1.29 is 14.3 Å². The molecule has 40 heavy (non-hydrogen) atoms. The quantitative estimate of drug-likeness (QED) is 0.238. The molecule has 1 heterocycles. The summed E-state index contributed by atoms with van der Waals surface area (Å²) in [6, 6.07) is 21.5. The molecule has 4 rings (SSSR count). The number of hydrogen-bond donors (Lipinski definition) is 2. The number of hydrogen-bond acceptors (Lipinski definition) is 4. The van der Waals surface area contributed by atoms with Crippen molar-refractivity contribution in [1.82, 2.24) is 14.5 Å². The highest BCUT2D eigenvalue weighted by atomic mass is 79.9. The van der Waals surface area contributed by atoms with Gasteiger partial charge in [-0.25, -0.2) is 4.79 Å². The van der Waals surface area contributed by atoms with Gasteiger partial charge in [-0.2, -0.15) is 0 Å². The summed E-state index contributed by atoms with van der Waals surface area (Å²) >= 11 is 0. The lowest BCUT2D eigenvalue weighted by Gasteiger charge is -2.30. The number of fused-ring (bicyclic) bond motifs is 1. The van der Waals surface area contributed by atoms with Crippen molar-refractivity contribution in [2.45, 2.75) is 65.5 Å². The fourth-order valence-corrected chi connectivity index (χ4v) is 4.77. The van der Waals surface area contributed by atoms with Gasteiger partial charge in [0.15, 0.2) is 5.78 Å². The van der Waals surface area contributed by atoms with E-state index in [1.54, 1.807) is 4.57 Å². The van der Waals surface area contributed by atoms with E-state index in [0.29, 0.717) is 17.9 Å². The minimum Gasteiger partial charge on any atom is -0.410 e. The Morgan fingerprint density at radius 2 is 1.32 bits per heavy atom. The Morgan fingerprint density at radius 1 is 0.825 bits per heavy atom. The molecule has 1 aromatic heterocycles. The van der Waals surface area contributed by atoms with E-state index in [-0.39, 0.29) is 45.8 Å². The molecular formula is C32H39BrN4O3. The number of ether oxygens (including phenoxy) is 1. The van der Waals surface area contributed by atoms with Crippen LogP contribution in [0.25, 0.3) is 11.0 Å². The zero-order valence-electron chi connectivity index (χ0n) is 24.3. The standard InChI is InChI=1S/C32H38N4O3.BrH/c1-31(2,3)23-17-22(18-24(32(4,5)6)28(23)39-30(38)34-7)27(37)20-36-26-16-12-11-15-25(26)35(29(36)33)19-21-13-9-8-10-14-21;/h8-18,33H,19-20H2,1-7H3,(H,34,38);1H. The molecule has 212 valence electrons. The molecule has 4 aromatic rings. The largest absolute Gasteiger partial charge is 0.412 e. The molecule has 7 nitrogen and oxygen atoms in total. The summed E-state index contributed by atoms with van der Waals surface area (Å²) in [6.07, 6.45) is -0.550. The second kappa shape index (κ2) is 11.8. The maximum atomic E-state index is 13.9. The number of rotatable bonds is 6. The van der Waals surface area contributed by atoms with E-state index in [1.807, 2.05) is 113 Å². The topological polar surface area (TPSA) is 89.1 Å². The normalized spacial score (nSPS) is 11.7. The highest BCUT2D eigenvalue weighted by molar-refractivity contribution is 8.93. The molecule has 0 spiro atoms. The van der Waals surface area contributed by atoms with Crippen LogP contribution in [-0.2, 0) is 23.9 Å². The summed E-state index contributed by atoms with van der Waals surface area (Å²) in [6.45, 7) is 12.8. The zero-order valence-corrected chi connectivity index (χ0v) is 26.0. The third kappa shape index (κ3) is 6.39. The highest BCUT2D eigenvalue weighted by Gasteiger charge is 2.30. The number of nitrogens with zero attached hydrogens (tertiary/aromatic N) is 2. The van der Waals surface area contributed by atoms with E-state index in [1.165, 1.54) is 7.05 Å². The monoisotopic (exact) mass is 606 g/mol. The number of amides is 1. The van der Waals surface area contributed by atoms with Crippen LogP contribution in [0.2, 0.25) is 0 Å². The first-order valence-electron chi connectivity index (χ1n) is 13.2. The number of halogens is 1. The Balaban J connectivity index is 0.00000441. The SMILES string of the molecule is Br.CNC(=O)Oc1c(C(C)(C)C)cc(C(=O)Cn2c(=N)n(Cc3ccccc3)c3ccccc32)cc1C(C)(C)C. The maximum Gasteiger partial charge on any atom is 0.412 e. The van der Waals surface area contributed by atoms with Gasteiger partial charge in [0.05, 0.1) is 24.1 Å². The molecule has 8 heteroatoms. The summed E-state index contributed by atoms with van der Waals surface area (Å²) in [5.74, 6) is 0.373. The minimum atomic E-state index is -0.550. The lowest BCUT2D eigenvalue weighted by molar-refractivity contribution is 0.0971. The van der Waals surface area contributed by atoms with Gasteiger partial charge < -0.3 is 19.2 Å². The number of imidazole rings is 1. The molecule has 2 N–H and O–H groups in total. The summed E-state index contributed by atoms with van der Waals surface area (Å²) in [4.78, 5) is 26.2. The molecule has 0 aliphatic rings. The van der Waals surface area contributed by atoms with E-state index in [2.05, 4.69) is 5.32 Å². The number of carbonyl (C=O) groups excluding carboxylic acids is 2. The van der Waals surface area contributed by atoms with Crippen molar-refractivity contribution in [3.63, 3.8) is 0 Å². The van der Waals surface area contributed by atoms with Crippen LogP contribution < -0.4 is 15.7 Å². The molecule has 1 amide bonds. The number of aromatic nitrogens is 2. The molecule has 0 saturated heterocycles. The molecule has 0 saturated carbocycles. The maximum absolute atomic E-state index is 13.9. The highest BCUT2D eigenvalue weighted by Crippen LogP contribution is 2.41. The second-order valence-electron chi connectivity index (χ2n) is 11.9. The van der Waals surface area contributed by atoms with E-state index < -0.39 is 6.09 Å². The first-order valence-corrected chi connectivity index (χ1v) is 13.2. The fraction of sp³-hybridized carbons (Fsp3) is 0.344. The predicted octanol–water partition coefficient (Wildman–Crippen LogP) is 6.74. The van der Waals surface area contributed by atoms with Gasteiger partial charge in [0.1, 0.15) is 5.75 Å².